The minimum Gasteiger partial charge on any atom is -0.394 e. The maximum Gasteiger partial charge on any atom is 0.129 e. The topological polar surface area (TPSA) is 24.8 Å². The molecule has 0 spiro atoms. The molecule has 2 aromatic rings. The highest BCUT2D eigenvalue weighted by Gasteiger charge is 2.20. The van der Waals surface area contributed by atoms with Gasteiger partial charge >= 0.3 is 0 Å². The molecule has 4 rings (SSSR count). The molecule has 1 fully saturated rings. The summed E-state index contributed by atoms with van der Waals surface area (Å²) in [5, 5.41) is 7.13. The molecule has 2 aromatic carbocycles. The van der Waals surface area contributed by atoms with Crippen molar-refractivity contribution in [2.75, 3.05) is 26.2 Å². The van der Waals surface area contributed by atoms with Crippen LogP contribution in [0, 0.1) is 0 Å². The van der Waals surface area contributed by atoms with Crippen molar-refractivity contribution < 1.29 is 4.84 Å². The quantitative estimate of drug-likeness (QED) is 0.606. The van der Waals surface area contributed by atoms with E-state index in [4.69, 9.17) is 4.84 Å². The first-order valence-corrected chi connectivity index (χ1v) is 8.84. The van der Waals surface area contributed by atoms with Crippen LogP contribution in [0.4, 0.5) is 0 Å². The fourth-order valence-corrected chi connectivity index (χ4v) is 3.83. The molecule has 1 heterocycles. The second-order valence-electron chi connectivity index (χ2n) is 6.59. The average molecular weight is 345 g/mol. The van der Waals surface area contributed by atoms with Gasteiger partial charge in [0.25, 0.3) is 0 Å². The lowest BCUT2D eigenvalue weighted by Gasteiger charge is -2.25. The van der Waals surface area contributed by atoms with E-state index in [0.717, 1.165) is 25.1 Å². The lowest BCUT2D eigenvalue weighted by atomic mass is 10.0. The van der Waals surface area contributed by atoms with E-state index < -0.39 is 0 Å². The van der Waals surface area contributed by atoms with Gasteiger partial charge < -0.3 is 4.84 Å². The van der Waals surface area contributed by atoms with E-state index in [1.165, 1.54) is 54.3 Å². The minimum absolute atomic E-state index is 0. The zero-order valence-electron chi connectivity index (χ0n) is 14.0. The Balaban J connectivity index is 0.00000169. The van der Waals surface area contributed by atoms with E-state index in [9.17, 15) is 0 Å². The van der Waals surface area contributed by atoms with Crippen LogP contribution in [0.25, 0.3) is 10.8 Å². The highest BCUT2D eigenvalue weighted by Crippen LogP contribution is 2.30. The first kappa shape index (κ1) is 17.2. The number of halogens is 1. The van der Waals surface area contributed by atoms with Crippen LogP contribution in [0.1, 0.15) is 36.8 Å². The van der Waals surface area contributed by atoms with Gasteiger partial charge in [-0.1, -0.05) is 48.0 Å². The highest BCUT2D eigenvalue weighted by molar-refractivity contribution is 6.08. The van der Waals surface area contributed by atoms with Crippen molar-refractivity contribution in [1.29, 1.82) is 0 Å². The molecule has 0 unspecified atom stereocenters. The number of benzene rings is 2. The summed E-state index contributed by atoms with van der Waals surface area (Å²) in [6.07, 6.45) is 6.10. The second kappa shape index (κ2) is 8.00. The highest BCUT2D eigenvalue weighted by atomic mass is 35.5. The summed E-state index contributed by atoms with van der Waals surface area (Å²) in [4.78, 5) is 8.12. The summed E-state index contributed by atoms with van der Waals surface area (Å²) in [6.45, 7) is 4.14. The summed E-state index contributed by atoms with van der Waals surface area (Å²) in [5.41, 5.74) is 3.83. The predicted molar refractivity (Wildman–Crippen MR) is 102 cm³/mol. The van der Waals surface area contributed by atoms with Crippen molar-refractivity contribution in [1.82, 2.24) is 4.90 Å². The Morgan fingerprint density at radius 2 is 1.79 bits per heavy atom. The summed E-state index contributed by atoms with van der Waals surface area (Å²) >= 11 is 0. The number of hydrogen-bond donors (Lipinski definition) is 0. The van der Waals surface area contributed by atoms with E-state index in [1.54, 1.807) is 0 Å². The second-order valence-corrected chi connectivity index (χ2v) is 6.59. The zero-order chi connectivity index (χ0) is 15.5. The molecule has 0 bridgehead atoms. The molecule has 0 radical (unpaired) electrons. The van der Waals surface area contributed by atoms with E-state index >= 15 is 0 Å². The summed E-state index contributed by atoms with van der Waals surface area (Å²) < 4.78 is 0. The van der Waals surface area contributed by atoms with Gasteiger partial charge in [0.15, 0.2) is 0 Å². The monoisotopic (exact) mass is 344 g/mol. The Morgan fingerprint density at radius 1 is 0.958 bits per heavy atom. The molecular formula is C20H25ClN2O. The molecule has 1 saturated heterocycles. The third kappa shape index (κ3) is 3.57. The number of oxime groups is 1. The van der Waals surface area contributed by atoms with Gasteiger partial charge in [-0.25, -0.2) is 0 Å². The van der Waals surface area contributed by atoms with Gasteiger partial charge in [-0.05, 0) is 55.1 Å². The van der Waals surface area contributed by atoms with Gasteiger partial charge in [-0.2, -0.15) is 0 Å². The molecule has 128 valence electrons. The molecular weight excluding hydrogens is 320 g/mol. The first-order chi connectivity index (χ1) is 11.4. The van der Waals surface area contributed by atoms with Gasteiger partial charge in [0, 0.05) is 12.1 Å². The Bertz CT molecular complexity index is 723. The van der Waals surface area contributed by atoms with E-state index in [0.29, 0.717) is 6.61 Å². The minimum atomic E-state index is 0. The van der Waals surface area contributed by atoms with Crippen molar-refractivity contribution in [2.45, 2.75) is 32.1 Å². The van der Waals surface area contributed by atoms with Crippen molar-refractivity contribution in [3.63, 3.8) is 0 Å². The lowest BCUT2D eigenvalue weighted by molar-refractivity contribution is 0.102. The number of fused-ring (bicyclic) bond motifs is 3. The molecule has 1 aliphatic carbocycles. The van der Waals surface area contributed by atoms with Crippen LogP contribution in [0.2, 0.25) is 0 Å². The molecule has 1 aliphatic heterocycles. The molecule has 0 atom stereocenters. The summed E-state index contributed by atoms with van der Waals surface area (Å²) in [7, 11) is 0. The molecule has 0 N–H and O–H groups in total. The third-order valence-electron chi connectivity index (χ3n) is 5.09. The number of aryl methyl sites for hydroxylation is 1. The molecule has 3 nitrogen and oxygen atoms in total. The van der Waals surface area contributed by atoms with Crippen molar-refractivity contribution in [3.05, 3.63) is 47.5 Å². The Labute approximate surface area is 150 Å². The van der Waals surface area contributed by atoms with Gasteiger partial charge in [0.2, 0.25) is 0 Å². The maximum atomic E-state index is 5.64. The molecule has 0 saturated carbocycles. The fraction of sp³-hybridized carbons (Fsp3) is 0.450. The molecule has 0 amide bonds. The Hall–Kier alpha value is -1.58. The number of piperidine rings is 1. The zero-order valence-corrected chi connectivity index (χ0v) is 14.9. The van der Waals surface area contributed by atoms with Gasteiger partial charge in [-0.3, -0.25) is 4.90 Å². The van der Waals surface area contributed by atoms with Crippen molar-refractivity contribution in [2.24, 2.45) is 5.16 Å². The van der Waals surface area contributed by atoms with Crippen molar-refractivity contribution in [3.8, 4) is 0 Å². The molecule has 24 heavy (non-hydrogen) atoms. The third-order valence-corrected chi connectivity index (χ3v) is 5.09. The van der Waals surface area contributed by atoms with Crippen LogP contribution < -0.4 is 0 Å². The standard InChI is InChI=1S/C20H24N2O.ClH/c1-4-12-22(13-5-1)14-15-23-21-20-11-10-18-17-7-3-2-6-16(17)8-9-19(18)20;/h2-3,6-9H,1,4-5,10-15H2;1H/b21-20+;. The van der Waals surface area contributed by atoms with Gasteiger partial charge in [-0.15, -0.1) is 12.4 Å². The van der Waals surface area contributed by atoms with Gasteiger partial charge in [0.1, 0.15) is 6.61 Å². The lowest BCUT2D eigenvalue weighted by Crippen LogP contribution is -2.32. The summed E-state index contributed by atoms with van der Waals surface area (Å²) in [5.74, 6) is 0. The van der Waals surface area contributed by atoms with Crippen molar-refractivity contribution >= 4 is 28.9 Å². The smallest absolute Gasteiger partial charge is 0.129 e. The van der Waals surface area contributed by atoms with Crippen LogP contribution in [-0.4, -0.2) is 36.9 Å². The van der Waals surface area contributed by atoms with Crippen LogP contribution in [0.5, 0.6) is 0 Å². The number of likely N-dealkylation sites (tertiary alicyclic amines) is 1. The van der Waals surface area contributed by atoms with Crippen LogP contribution in [0.15, 0.2) is 41.6 Å². The SMILES string of the molecule is Cl.c1ccc2c3c(ccc2c1)/C(=N/OCCN1CCCCC1)CC3. The normalized spacial score (nSPS) is 19.2. The molecule has 2 aliphatic rings. The number of nitrogens with zero attached hydrogens (tertiary/aromatic N) is 2. The van der Waals surface area contributed by atoms with Crippen LogP contribution in [0.3, 0.4) is 0 Å². The first-order valence-electron chi connectivity index (χ1n) is 8.84. The largest absolute Gasteiger partial charge is 0.394 e. The van der Waals surface area contributed by atoms with Crippen LogP contribution >= 0.6 is 12.4 Å². The van der Waals surface area contributed by atoms with E-state index in [1.807, 2.05) is 0 Å². The van der Waals surface area contributed by atoms with E-state index in [-0.39, 0.29) is 12.4 Å². The maximum absolute atomic E-state index is 5.64. The predicted octanol–water partition coefficient (Wildman–Crippen LogP) is 4.41. The average Bonchev–Trinajstić information content (AvgIpc) is 3.03. The van der Waals surface area contributed by atoms with Crippen LogP contribution in [-0.2, 0) is 11.3 Å². The molecule has 4 heteroatoms. The fourth-order valence-electron chi connectivity index (χ4n) is 3.83. The Morgan fingerprint density at radius 3 is 2.67 bits per heavy atom. The van der Waals surface area contributed by atoms with E-state index in [2.05, 4.69) is 46.5 Å². The number of rotatable bonds is 4. The Kier molecular flexibility index (Phi) is 5.75. The summed E-state index contributed by atoms with van der Waals surface area (Å²) in [6, 6.07) is 13.0. The molecule has 0 aromatic heterocycles. The van der Waals surface area contributed by atoms with Gasteiger partial charge in [0.05, 0.1) is 5.71 Å². The number of hydrogen-bond acceptors (Lipinski definition) is 3.